The molecule has 0 aliphatic carbocycles. The highest BCUT2D eigenvalue weighted by molar-refractivity contribution is 9.10. The molecule has 2 aromatic rings. The molecule has 0 spiro atoms. The van der Waals surface area contributed by atoms with Crippen LogP contribution in [-0.4, -0.2) is 0 Å². The van der Waals surface area contributed by atoms with Gasteiger partial charge in [0.1, 0.15) is 0 Å². The molecule has 0 aliphatic rings. The first-order valence-electron chi connectivity index (χ1n) is 6.18. The lowest BCUT2D eigenvalue weighted by Crippen LogP contribution is -2.14. The summed E-state index contributed by atoms with van der Waals surface area (Å²) in [6, 6.07) is 9.97. The van der Waals surface area contributed by atoms with Crippen molar-refractivity contribution in [2.24, 2.45) is 5.73 Å². The van der Waals surface area contributed by atoms with Crippen LogP contribution in [0.15, 0.2) is 34.8 Å². The summed E-state index contributed by atoms with van der Waals surface area (Å²) in [5.74, 6) is 0. The molecule has 2 aromatic carbocycles. The van der Waals surface area contributed by atoms with Crippen molar-refractivity contribution in [1.82, 2.24) is 0 Å². The van der Waals surface area contributed by atoms with Crippen LogP contribution in [0.3, 0.4) is 0 Å². The molecule has 2 N–H and O–H groups in total. The molecular weight excluding hydrogens is 322 g/mol. The fraction of sp³-hybridized carbons (Fsp3) is 0.250. The van der Waals surface area contributed by atoms with E-state index in [4.69, 9.17) is 17.3 Å². The highest BCUT2D eigenvalue weighted by Crippen LogP contribution is 2.31. The molecule has 0 saturated heterocycles. The van der Waals surface area contributed by atoms with Crippen molar-refractivity contribution in [3.05, 3.63) is 67.6 Å². The minimum absolute atomic E-state index is 0.195. The molecule has 2 rings (SSSR count). The van der Waals surface area contributed by atoms with Gasteiger partial charge in [-0.15, -0.1) is 0 Å². The smallest absolute Gasteiger partial charge is 0.0569 e. The minimum Gasteiger partial charge on any atom is -0.320 e. The molecule has 0 bridgehead atoms. The summed E-state index contributed by atoms with van der Waals surface area (Å²) in [5, 5.41) is 0.694. The molecule has 0 radical (unpaired) electrons. The maximum Gasteiger partial charge on any atom is 0.0569 e. The zero-order valence-electron chi connectivity index (χ0n) is 11.3. The summed E-state index contributed by atoms with van der Waals surface area (Å²) < 4.78 is 0.963. The van der Waals surface area contributed by atoms with E-state index < -0.39 is 0 Å². The van der Waals surface area contributed by atoms with Gasteiger partial charge in [-0.05, 0) is 60.7 Å². The lowest BCUT2D eigenvalue weighted by Gasteiger charge is -2.18. The third-order valence-corrected chi connectivity index (χ3v) is 4.34. The van der Waals surface area contributed by atoms with Gasteiger partial charge in [0, 0.05) is 9.50 Å². The highest BCUT2D eigenvalue weighted by Gasteiger charge is 2.15. The van der Waals surface area contributed by atoms with E-state index in [1.807, 2.05) is 18.2 Å². The van der Waals surface area contributed by atoms with E-state index in [1.165, 1.54) is 16.7 Å². The third-order valence-electron chi connectivity index (χ3n) is 3.51. The van der Waals surface area contributed by atoms with Gasteiger partial charge in [0.05, 0.1) is 6.04 Å². The molecule has 0 heterocycles. The number of hydrogen-bond acceptors (Lipinski definition) is 1. The lowest BCUT2D eigenvalue weighted by molar-refractivity contribution is 0.858. The van der Waals surface area contributed by atoms with E-state index in [-0.39, 0.29) is 6.04 Å². The van der Waals surface area contributed by atoms with Crippen LogP contribution in [-0.2, 0) is 0 Å². The van der Waals surface area contributed by atoms with E-state index in [0.29, 0.717) is 5.02 Å². The number of rotatable bonds is 2. The van der Waals surface area contributed by atoms with Gasteiger partial charge < -0.3 is 5.73 Å². The Morgan fingerprint density at radius 2 is 1.58 bits per heavy atom. The summed E-state index contributed by atoms with van der Waals surface area (Å²) in [6.07, 6.45) is 0. The molecule has 100 valence electrons. The minimum atomic E-state index is -0.195. The Hall–Kier alpha value is -0.830. The number of hydrogen-bond donors (Lipinski definition) is 1. The first-order valence-corrected chi connectivity index (χ1v) is 7.35. The molecule has 0 saturated carbocycles. The molecule has 0 aromatic heterocycles. The second-order valence-electron chi connectivity index (χ2n) is 4.94. The number of nitrogens with two attached hydrogens (primary N) is 1. The van der Waals surface area contributed by atoms with Crippen LogP contribution < -0.4 is 5.73 Å². The summed E-state index contributed by atoms with van der Waals surface area (Å²) in [6.45, 7) is 6.31. The van der Waals surface area contributed by atoms with Crippen LogP contribution in [0.5, 0.6) is 0 Å². The zero-order valence-corrected chi connectivity index (χ0v) is 13.6. The molecular formula is C16H17BrClN. The van der Waals surface area contributed by atoms with Crippen LogP contribution in [0.2, 0.25) is 5.02 Å². The Morgan fingerprint density at radius 3 is 2.21 bits per heavy atom. The number of benzene rings is 2. The van der Waals surface area contributed by atoms with Crippen molar-refractivity contribution >= 4 is 27.5 Å². The van der Waals surface area contributed by atoms with Crippen LogP contribution in [0.1, 0.15) is 33.9 Å². The fourth-order valence-electron chi connectivity index (χ4n) is 2.24. The van der Waals surface area contributed by atoms with Crippen molar-refractivity contribution in [3.8, 4) is 0 Å². The van der Waals surface area contributed by atoms with Gasteiger partial charge in [0.25, 0.3) is 0 Å². The standard InChI is InChI=1S/C16H17BrClN/c1-9-6-11(3)14(7-10(9)2)16(19)13-5-4-12(17)8-15(13)18/h4-8,16H,19H2,1-3H3. The van der Waals surface area contributed by atoms with Gasteiger partial charge >= 0.3 is 0 Å². The van der Waals surface area contributed by atoms with Gasteiger partial charge in [-0.25, -0.2) is 0 Å². The SMILES string of the molecule is Cc1cc(C)c(C(N)c2ccc(Br)cc2Cl)cc1C. The van der Waals surface area contributed by atoms with Crippen molar-refractivity contribution in [1.29, 1.82) is 0 Å². The second kappa shape index (κ2) is 5.66. The summed E-state index contributed by atoms with van der Waals surface area (Å²) in [7, 11) is 0. The second-order valence-corrected chi connectivity index (χ2v) is 6.26. The van der Waals surface area contributed by atoms with Crippen molar-refractivity contribution < 1.29 is 0 Å². The molecule has 3 heteroatoms. The Morgan fingerprint density at radius 1 is 0.947 bits per heavy atom. The van der Waals surface area contributed by atoms with Gasteiger partial charge in [-0.1, -0.05) is 45.7 Å². The summed E-state index contributed by atoms with van der Waals surface area (Å²) in [4.78, 5) is 0. The quantitative estimate of drug-likeness (QED) is 0.812. The topological polar surface area (TPSA) is 26.0 Å². The lowest BCUT2D eigenvalue weighted by atomic mass is 9.92. The highest BCUT2D eigenvalue weighted by atomic mass is 79.9. The van der Waals surface area contributed by atoms with E-state index in [9.17, 15) is 0 Å². The van der Waals surface area contributed by atoms with Gasteiger partial charge in [0.15, 0.2) is 0 Å². The van der Waals surface area contributed by atoms with Crippen molar-refractivity contribution in [2.75, 3.05) is 0 Å². The summed E-state index contributed by atoms with van der Waals surface area (Å²) >= 11 is 9.70. The molecule has 0 aliphatic heterocycles. The fourth-order valence-corrected chi connectivity index (χ4v) is 3.03. The zero-order chi connectivity index (χ0) is 14.2. The maximum absolute atomic E-state index is 6.39. The van der Waals surface area contributed by atoms with Crippen LogP contribution >= 0.6 is 27.5 Å². The Labute approximate surface area is 127 Å². The monoisotopic (exact) mass is 337 g/mol. The predicted molar refractivity (Wildman–Crippen MR) is 85.8 cm³/mol. The molecule has 19 heavy (non-hydrogen) atoms. The molecule has 1 unspecified atom stereocenters. The Balaban J connectivity index is 2.49. The largest absolute Gasteiger partial charge is 0.320 e. The Kier molecular flexibility index (Phi) is 4.34. The van der Waals surface area contributed by atoms with Crippen molar-refractivity contribution in [2.45, 2.75) is 26.8 Å². The van der Waals surface area contributed by atoms with Gasteiger partial charge in [-0.3, -0.25) is 0 Å². The van der Waals surface area contributed by atoms with E-state index in [1.54, 1.807) is 0 Å². The van der Waals surface area contributed by atoms with Gasteiger partial charge in [0.2, 0.25) is 0 Å². The normalized spacial score (nSPS) is 12.5. The first-order chi connectivity index (χ1) is 8.90. The van der Waals surface area contributed by atoms with E-state index in [0.717, 1.165) is 15.6 Å². The van der Waals surface area contributed by atoms with Crippen LogP contribution in [0, 0.1) is 20.8 Å². The predicted octanol–water partition coefficient (Wildman–Crippen LogP) is 5.08. The first kappa shape index (κ1) is 14.6. The van der Waals surface area contributed by atoms with E-state index >= 15 is 0 Å². The van der Waals surface area contributed by atoms with E-state index in [2.05, 4.69) is 48.8 Å². The van der Waals surface area contributed by atoms with Crippen LogP contribution in [0.4, 0.5) is 0 Å². The van der Waals surface area contributed by atoms with Gasteiger partial charge in [-0.2, -0.15) is 0 Å². The van der Waals surface area contributed by atoms with Crippen LogP contribution in [0.25, 0.3) is 0 Å². The molecule has 0 fully saturated rings. The maximum atomic E-state index is 6.39. The number of halogens is 2. The average Bonchev–Trinajstić information content (AvgIpc) is 2.33. The van der Waals surface area contributed by atoms with Crippen molar-refractivity contribution in [3.63, 3.8) is 0 Å². The average molecular weight is 339 g/mol. The Bertz CT molecular complexity index is 622. The number of aryl methyl sites for hydroxylation is 3. The molecule has 1 nitrogen and oxygen atoms in total. The molecule has 0 amide bonds. The molecule has 1 atom stereocenters. The third kappa shape index (κ3) is 3.02. The summed E-state index contributed by atoms with van der Waals surface area (Å²) in [5.41, 5.74) is 12.2.